The summed E-state index contributed by atoms with van der Waals surface area (Å²) in [6, 6.07) is -2.33. The van der Waals surface area contributed by atoms with Gasteiger partial charge >= 0.3 is 8.56 Å². The molecule has 172 valence electrons. The third-order valence-electron chi connectivity index (χ3n) is 4.31. The van der Waals surface area contributed by atoms with Crippen molar-refractivity contribution in [3.05, 3.63) is 69.3 Å². The Hall–Kier alpha value is -2.12. The molecule has 0 fully saturated rings. The monoisotopic (exact) mass is 480 g/mol. The van der Waals surface area contributed by atoms with Crippen LogP contribution in [0.1, 0.15) is 25.0 Å². The minimum Gasteiger partial charge on any atom is -0.394 e. The van der Waals surface area contributed by atoms with E-state index in [1.165, 1.54) is 13.8 Å². The molecule has 0 aliphatic heterocycles. The van der Waals surface area contributed by atoms with Crippen molar-refractivity contribution in [1.82, 2.24) is 0 Å². The van der Waals surface area contributed by atoms with Gasteiger partial charge in [0.1, 0.15) is 0 Å². The molecule has 0 unspecified atom stereocenters. The molecule has 13 heteroatoms. The highest BCUT2D eigenvalue weighted by Gasteiger charge is 2.44. The van der Waals surface area contributed by atoms with Crippen LogP contribution in [0.2, 0.25) is 0 Å². The maximum atomic E-state index is 14.2. The minimum absolute atomic E-state index is 0.322. The molecule has 0 heterocycles. The van der Waals surface area contributed by atoms with Crippen LogP contribution in [0.3, 0.4) is 0 Å². The lowest BCUT2D eigenvalue weighted by Gasteiger charge is -2.31. The van der Waals surface area contributed by atoms with Gasteiger partial charge in [-0.15, -0.1) is 0 Å². The first-order chi connectivity index (χ1) is 14.4. The number of benzene rings is 2. The molecule has 0 aliphatic carbocycles. The molecule has 0 atom stereocenters. The Balaban J connectivity index is 2.69. The number of rotatable bonds is 8. The van der Waals surface area contributed by atoms with Gasteiger partial charge in [0, 0.05) is 36.4 Å². The molecular formula is C18H14F10O2Si. The Morgan fingerprint density at radius 3 is 0.903 bits per heavy atom. The van der Waals surface area contributed by atoms with Crippen LogP contribution in [0, 0.1) is 58.2 Å². The van der Waals surface area contributed by atoms with Gasteiger partial charge in [-0.05, 0) is 13.8 Å². The number of hydrogen-bond donors (Lipinski definition) is 0. The second-order valence-corrected chi connectivity index (χ2v) is 9.33. The highest BCUT2D eigenvalue weighted by molar-refractivity contribution is 6.66. The Kier molecular flexibility index (Phi) is 7.76. The lowest BCUT2D eigenvalue weighted by Crippen LogP contribution is -2.49. The van der Waals surface area contributed by atoms with E-state index < -0.39 is 89.9 Å². The van der Waals surface area contributed by atoms with Gasteiger partial charge < -0.3 is 8.85 Å². The first-order valence-corrected chi connectivity index (χ1v) is 10.9. The van der Waals surface area contributed by atoms with Crippen LogP contribution in [-0.2, 0) is 20.9 Å². The van der Waals surface area contributed by atoms with E-state index in [-0.39, 0.29) is 13.2 Å². The Morgan fingerprint density at radius 2 is 0.677 bits per heavy atom. The molecule has 0 saturated heterocycles. The Bertz CT molecular complexity index is 861. The molecule has 0 bridgehead atoms. The summed E-state index contributed by atoms with van der Waals surface area (Å²) in [5, 5.41) is 0. The molecule has 0 aromatic heterocycles. The summed E-state index contributed by atoms with van der Waals surface area (Å²) in [4.78, 5) is 0. The summed E-state index contributed by atoms with van der Waals surface area (Å²) in [5.41, 5.74) is -2.79. The van der Waals surface area contributed by atoms with Crippen molar-refractivity contribution in [2.75, 3.05) is 13.2 Å². The van der Waals surface area contributed by atoms with E-state index in [4.69, 9.17) is 8.85 Å². The predicted molar refractivity (Wildman–Crippen MR) is 88.9 cm³/mol. The molecule has 0 radical (unpaired) electrons. The second kappa shape index (κ2) is 9.57. The minimum atomic E-state index is -4.40. The van der Waals surface area contributed by atoms with Gasteiger partial charge in [-0.2, -0.15) is 0 Å². The molecule has 0 saturated carbocycles. The molecule has 0 N–H and O–H groups in total. The second-order valence-electron chi connectivity index (χ2n) is 6.23. The predicted octanol–water partition coefficient (Wildman–Crippen LogP) is 5.46. The summed E-state index contributed by atoms with van der Waals surface area (Å²) in [6.45, 7) is 1.99. The average molecular weight is 480 g/mol. The van der Waals surface area contributed by atoms with Gasteiger partial charge in [0.15, 0.2) is 46.5 Å². The first-order valence-electron chi connectivity index (χ1n) is 8.70. The van der Waals surface area contributed by atoms with Crippen LogP contribution in [0.25, 0.3) is 0 Å². The Morgan fingerprint density at radius 1 is 0.452 bits per heavy atom. The van der Waals surface area contributed by atoms with Crippen molar-refractivity contribution in [3.63, 3.8) is 0 Å². The van der Waals surface area contributed by atoms with E-state index >= 15 is 0 Å². The van der Waals surface area contributed by atoms with E-state index in [2.05, 4.69) is 0 Å². The topological polar surface area (TPSA) is 18.5 Å². The standard InChI is InChI=1S/C18H14F10O2Si/c1-3-29-31(30-4-2,5-7-9(19)13(23)17(27)14(24)10(7)20)6-8-11(21)15(25)18(28)16(26)12(8)22/h3-6H2,1-2H3. The van der Waals surface area contributed by atoms with Crippen LogP contribution in [0.4, 0.5) is 43.9 Å². The van der Waals surface area contributed by atoms with Crippen LogP contribution in [0.15, 0.2) is 0 Å². The molecule has 2 rings (SSSR count). The lowest BCUT2D eigenvalue weighted by molar-refractivity contribution is 0.178. The van der Waals surface area contributed by atoms with Gasteiger partial charge in [0.05, 0.1) is 0 Å². The molecule has 0 spiro atoms. The van der Waals surface area contributed by atoms with E-state index in [0.717, 1.165) is 0 Å². The van der Waals surface area contributed by atoms with Gasteiger partial charge in [-0.25, -0.2) is 43.9 Å². The van der Waals surface area contributed by atoms with Crippen LogP contribution in [-0.4, -0.2) is 21.8 Å². The van der Waals surface area contributed by atoms with Crippen LogP contribution >= 0.6 is 0 Å². The molecule has 0 amide bonds. The fourth-order valence-electron chi connectivity index (χ4n) is 2.98. The van der Waals surface area contributed by atoms with Crippen molar-refractivity contribution >= 4 is 8.56 Å². The van der Waals surface area contributed by atoms with E-state index in [9.17, 15) is 43.9 Å². The first kappa shape index (κ1) is 25.1. The fourth-order valence-corrected chi connectivity index (χ4v) is 6.35. The SMILES string of the molecule is CCO[Si](Cc1c(F)c(F)c(F)c(F)c1F)(Cc1c(F)c(F)c(F)c(F)c1F)OCC. The van der Waals surface area contributed by atoms with E-state index in [1.54, 1.807) is 0 Å². The summed E-state index contributed by atoms with van der Waals surface area (Å²) in [6.07, 6.45) is 0. The van der Waals surface area contributed by atoms with Gasteiger partial charge in [0.2, 0.25) is 11.6 Å². The van der Waals surface area contributed by atoms with Crippen molar-refractivity contribution in [2.45, 2.75) is 25.9 Å². The maximum absolute atomic E-state index is 14.2. The molecular weight excluding hydrogens is 466 g/mol. The molecule has 2 aromatic rings. The summed E-state index contributed by atoms with van der Waals surface area (Å²) < 4.78 is 148. The highest BCUT2D eigenvalue weighted by atomic mass is 28.4. The molecule has 0 aliphatic rings. The van der Waals surface area contributed by atoms with Crippen molar-refractivity contribution in [1.29, 1.82) is 0 Å². The van der Waals surface area contributed by atoms with Gasteiger partial charge in [-0.1, -0.05) is 0 Å². The number of halogens is 10. The fraction of sp³-hybridized carbons (Fsp3) is 0.333. The highest BCUT2D eigenvalue weighted by Crippen LogP contribution is 2.31. The van der Waals surface area contributed by atoms with E-state index in [0.29, 0.717) is 0 Å². The summed E-state index contributed by atoms with van der Waals surface area (Å²) in [5.74, 6) is -22.9. The van der Waals surface area contributed by atoms with Gasteiger partial charge in [0.25, 0.3) is 0 Å². The molecule has 2 nitrogen and oxygen atoms in total. The molecule has 2 aromatic carbocycles. The average Bonchev–Trinajstić information content (AvgIpc) is 2.74. The zero-order valence-corrected chi connectivity index (χ0v) is 16.9. The van der Waals surface area contributed by atoms with Crippen LogP contribution in [0.5, 0.6) is 0 Å². The third-order valence-corrected chi connectivity index (χ3v) is 7.72. The summed E-state index contributed by atoms with van der Waals surface area (Å²) in [7, 11) is -4.40. The van der Waals surface area contributed by atoms with E-state index in [1.807, 2.05) is 0 Å². The zero-order valence-electron chi connectivity index (χ0n) is 15.9. The zero-order chi connectivity index (χ0) is 23.7. The van der Waals surface area contributed by atoms with Crippen LogP contribution < -0.4 is 0 Å². The van der Waals surface area contributed by atoms with Crippen molar-refractivity contribution < 1.29 is 52.8 Å². The largest absolute Gasteiger partial charge is 0.394 e. The van der Waals surface area contributed by atoms with Gasteiger partial charge in [-0.3, -0.25) is 0 Å². The number of hydrogen-bond acceptors (Lipinski definition) is 2. The summed E-state index contributed by atoms with van der Waals surface area (Å²) >= 11 is 0. The third kappa shape index (κ3) is 4.57. The lowest BCUT2D eigenvalue weighted by atomic mass is 10.2. The Labute approximate surface area is 170 Å². The normalized spacial score (nSPS) is 12.0. The quantitative estimate of drug-likeness (QED) is 0.216. The van der Waals surface area contributed by atoms with Crippen molar-refractivity contribution in [3.8, 4) is 0 Å². The smallest absolute Gasteiger partial charge is 0.347 e. The van der Waals surface area contributed by atoms with Crippen molar-refractivity contribution in [2.24, 2.45) is 0 Å². The maximum Gasteiger partial charge on any atom is 0.347 e. The molecule has 31 heavy (non-hydrogen) atoms.